The molecule has 17 heavy (non-hydrogen) atoms. The summed E-state index contributed by atoms with van der Waals surface area (Å²) in [5, 5.41) is 0. The molecule has 2 N–H and O–H groups in total. The smallest absolute Gasteiger partial charge is 0.0175 e. The molecule has 1 atom stereocenters. The van der Waals surface area contributed by atoms with Gasteiger partial charge in [0, 0.05) is 10.5 Å². The Morgan fingerprint density at radius 3 is 2.41 bits per heavy atom. The van der Waals surface area contributed by atoms with Gasteiger partial charge in [0.2, 0.25) is 0 Å². The summed E-state index contributed by atoms with van der Waals surface area (Å²) in [6.45, 7) is 0. The van der Waals surface area contributed by atoms with Gasteiger partial charge in [-0.3, -0.25) is 0 Å². The lowest BCUT2D eigenvalue weighted by Gasteiger charge is -2.24. The fourth-order valence-electron chi connectivity index (χ4n) is 2.86. The third-order valence-corrected chi connectivity index (χ3v) is 4.30. The molecular formula is C15H22BrN. The molecule has 0 bridgehead atoms. The van der Waals surface area contributed by atoms with Gasteiger partial charge in [-0.2, -0.15) is 0 Å². The summed E-state index contributed by atoms with van der Waals surface area (Å²) in [7, 11) is 0. The lowest BCUT2D eigenvalue weighted by Crippen LogP contribution is -2.27. The Bertz CT molecular complexity index is 327. The molecule has 0 spiro atoms. The standard InChI is InChI=1S/C15H22BrN/c16-14-8-6-13(7-9-14)11-15(17)10-12-4-2-1-3-5-12/h6-9,12,15H,1-5,10-11,17H2. The number of nitrogens with two attached hydrogens (primary N) is 1. The molecular weight excluding hydrogens is 274 g/mol. The van der Waals surface area contributed by atoms with Gasteiger partial charge in [0.05, 0.1) is 0 Å². The Balaban J connectivity index is 1.79. The third kappa shape index (κ3) is 4.44. The molecule has 0 aliphatic heterocycles. The summed E-state index contributed by atoms with van der Waals surface area (Å²) in [4.78, 5) is 0. The first-order valence-electron chi connectivity index (χ1n) is 6.74. The fourth-order valence-corrected chi connectivity index (χ4v) is 3.12. The van der Waals surface area contributed by atoms with Crippen molar-refractivity contribution in [2.75, 3.05) is 0 Å². The molecule has 2 rings (SSSR count). The Morgan fingerprint density at radius 2 is 1.76 bits per heavy atom. The average molecular weight is 296 g/mol. The van der Waals surface area contributed by atoms with Gasteiger partial charge < -0.3 is 5.73 Å². The Morgan fingerprint density at radius 1 is 1.12 bits per heavy atom. The van der Waals surface area contributed by atoms with Crippen molar-refractivity contribution in [1.29, 1.82) is 0 Å². The Labute approximate surface area is 113 Å². The number of hydrogen-bond acceptors (Lipinski definition) is 1. The van der Waals surface area contributed by atoms with E-state index >= 15 is 0 Å². The van der Waals surface area contributed by atoms with E-state index in [4.69, 9.17) is 5.73 Å². The normalized spacial score (nSPS) is 19.2. The van der Waals surface area contributed by atoms with Crippen molar-refractivity contribution in [1.82, 2.24) is 0 Å². The van der Waals surface area contributed by atoms with Crippen LogP contribution in [0.3, 0.4) is 0 Å². The van der Waals surface area contributed by atoms with Gasteiger partial charge >= 0.3 is 0 Å². The molecule has 1 unspecified atom stereocenters. The highest BCUT2D eigenvalue weighted by atomic mass is 79.9. The lowest BCUT2D eigenvalue weighted by molar-refractivity contribution is 0.317. The van der Waals surface area contributed by atoms with Crippen LogP contribution in [0.5, 0.6) is 0 Å². The van der Waals surface area contributed by atoms with Crippen LogP contribution in [0.1, 0.15) is 44.1 Å². The minimum absolute atomic E-state index is 0.333. The highest BCUT2D eigenvalue weighted by Gasteiger charge is 2.16. The van der Waals surface area contributed by atoms with Crippen molar-refractivity contribution in [2.24, 2.45) is 11.7 Å². The van der Waals surface area contributed by atoms with Gasteiger partial charge in [0.15, 0.2) is 0 Å². The SMILES string of the molecule is NC(Cc1ccc(Br)cc1)CC1CCCCC1. The Hall–Kier alpha value is -0.340. The zero-order valence-electron chi connectivity index (χ0n) is 10.4. The van der Waals surface area contributed by atoms with Crippen molar-refractivity contribution in [3.8, 4) is 0 Å². The zero-order chi connectivity index (χ0) is 12.1. The summed E-state index contributed by atoms with van der Waals surface area (Å²) in [5.41, 5.74) is 7.62. The van der Waals surface area contributed by atoms with E-state index in [2.05, 4.69) is 40.2 Å². The van der Waals surface area contributed by atoms with E-state index in [1.807, 2.05) is 0 Å². The van der Waals surface area contributed by atoms with E-state index < -0.39 is 0 Å². The van der Waals surface area contributed by atoms with Crippen molar-refractivity contribution >= 4 is 15.9 Å². The molecule has 0 aromatic heterocycles. The molecule has 1 fully saturated rings. The molecule has 1 aromatic rings. The molecule has 0 radical (unpaired) electrons. The fraction of sp³-hybridized carbons (Fsp3) is 0.600. The maximum Gasteiger partial charge on any atom is 0.0175 e. The largest absolute Gasteiger partial charge is 0.327 e. The van der Waals surface area contributed by atoms with Crippen LogP contribution in [-0.2, 0) is 6.42 Å². The predicted molar refractivity (Wildman–Crippen MR) is 77.0 cm³/mol. The van der Waals surface area contributed by atoms with Crippen LogP contribution in [0.25, 0.3) is 0 Å². The zero-order valence-corrected chi connectivity index (χ0v) is 12.0. The first-order valence-corrected chi connectivity index (χ1v) is 7.53. The van der Waals surface area contributed by atoms with Crippen LogP contribution >= 0.6 is 15.9 Å². The first kappa shape index (κ1) is 13.1. The molecule has 94 valence electrons. The second kappa shape index (κ2) is 6.55. The van der Waals surface area contributed by atoms with Crippen molar-refractivity contribution in [2.45, 2.75) is 51.0 Å². The molecule has 1 nitrogen and oxygen atoms in total. The average Bonchev–Trinajstić information content (AvgIpc) is 2.33. The minimum Gasteiger partial charge on any atom is -0.327 e. The highest BCUT2D eigenvalue weighted by molar-refractivity contribution is 9.10. The van der Waals surface area contributed by atoms with Gasteiger partial charge in [-0.05, 0) is 36.5 Å². The third-order valence-electron chi connectivity index (χ3n) is 3.77. The molecule has 0 heterocycles. The monoisotopic (exact) mass is 295 g/mol. The second-order valence-corrected chi connectivity index (χ2v) is 6.25. The predicted octanol–water partition coefficient (Wildman–Crippen LogP) is 4.29. The van der Waals surface area contributed by atoms with Crippen molar-refractivity contribution in [3.63, 3.8) is 0 Å². The lowest BCUT2D eigenvalue weighted by atomic mass is 9.84. The molecule has 1 saturated carbocycles. The van der Waals surface area contributed by atoms with Gasteiger partial charge in [-0.25, -0.2) is 0 Å². The topological polar surface area (TPSA) is 26.0 Å². The van der Waals surface area contributed by atoms with E-state index in [1.54, 1.807) is 0 Å². The van der Waals surface area contributed by atoms with Gasteiger partial charge in [-0.1, -0.05) is 60.2 Å². The van der Waals surface area contributed by atoms with Crippen molar-refractivity contribution < 1.29 is 0 Å². The molecule has 1 aliphatic carbocycles. The number of benzene rings is 1. The summed E-state index contributed by atoms with van der Waals surface area (Å²) in [6.07, 6.45) is 9.27. The molecule has 1 aliphatic rings. The van der Waals surface area contributed by atoms with E-state index in [-0.39, 0.29) is 0 Å². The minimum atomic E-state index is 0.333. The van der Waals surface area contributed by atoms with E-state index in [9.17, 15) is 0 Å². The van der Waals surface area contributed by atoms with E-state index in [0.29, 0.717) is 6.04 Å². The highest BCUT2D eigenvalue weighted by Crippen LogP contribution is 2.27. The van der Waals surface area contributed by atoms with Crippen LogP contribution in [0.2, 0.25) is 0 Å². The van der Waals surface area contributed by atoms with Crippen LogP contribution in [0, 0.1) is 5.92 Å². The number of halogens is 1. The van der Waals surface area contributed by atoms with Gasteiger partial charge in [0.1, 0.15) is 0 Å². The van der Waals surface area contributed by atoms with Crippen LogP contribution in [0.4, 0.5) is 0 Å². The molecule has 2 heteroatoms. The summed E-state index contributed by atoms with van der Waals surface area (Å²) in [6, 6.07) is 8.88. The first-order chi connectivity index (χ1) is 8.24. The van der Waals surface area contributed by atoms with E-state index in [0.717, 1.165) is 16.8 Å². The van der Waals surface area contributed by atoms with E-state index in [1.165, 1.54) is 44.1 Å². The summed E-state index contributed by atoms with van der Waals surface area (Å²) >= 11 is 3.46. The van der Waals surface area contributed by atoms with Gasteiger partial charge in [-0.15, -0.1) is 0 Å². The van der Waals surface area contributed by atoms with Crippen molar-refractivity contribution in [3.05, 3.63) is 34.3 Å². The second-order valence-electron chi connectivity index (χ2n) is 5.33. The Kier molecular flexibility index (Phi) is 5.05. The summed E-state index contributed by atoms with van der Waals surface area (Å²) < 4.78 is 1.14. The molecule has 0 amide bonds. The number of rotatable bonds is 4. The van der Waals surface area contributed by atoms with Crippen LogP contribution in [-0.4, -0.2) is 6.04 Å². The van der Waals surface area contributed by atoms with Gasteiger partial charge in [0.25, 0.3) is 0 Å². The quantitative estimate of drug-likeness (QED) is 0.881. The van der Waals surface area contributed by atoms with Crippen LogP contribution < -0.4 is 5.73 Å². The molecule has 1 aromatic carbocycles. The summed E-state index contributed by atoms with van der Waals surface area (Å²) in [5.74, 6) is 0.884. The number of hydrogen-bond donors (Lipinski definition) is 1. The maximum absolute atomic E-state index is 6.26. The maximum atomic E-state index is 6.26. The molecule has 0 saturated heterocycles. The van der Waals surface area contributed by atoms with Crippen LogP contribution in [0.15, 0.2) is 28.7 Å².